The number of thiophene rings is 1. The summed E-state index contributed by atoms with van der Waals surface area (Å²) >= 11 is 3.05. The van der Waals surface area contributed by atoms with Gasteiger partial charge in [0.2, 0.25) is 0 Å². The van der Waals surface area contributed by atoms with Crippen molar-refractivity contribution in [3.8, 4) is 0 Å². The van der Waals surface area contributed by atoms with Gasteiger partial charge in [0.15, 0.2) is 5.17 Å². The molecule has 1 saturated heterocycles. The molecule has 1 aromatic carbocycles. The van der Waals surface area contributed by atoms with Crippen LogP contribution in [0.4, 0.5) is 5.69 Å². The third-order valence-corrected chi connectivity index (χ3v) is 5.41. The number of likely N-dealkylation sites (N-methyl/N-ethyl adjacent to an activating group) is 1. The summed E-state index contributed by atoms with van der Waals surface area (Å²) in [6, 6.07) is 10.1. The van der Waals surface area contributed by atoms with E-state index in [0.717, 1.165) is 15.7 Å². The number of thioether (sulfide) groups is 1. The molecule has 1 aromatic heterocycles. The lowest BCUT2D eigenvalue weighted by Crippen LogP contribution is -2.23. The first-order valence-electron chi connectivity index (χ1n) is 6.91. The maximum absolute atomic E-state index is 12.3. The minimum atomic E-state index is 0.000911. The lowest BCUT2D eigenvalue weighted by Gasteiger charge is -2.08. The number of nitrogens with zero attached hydrogens (tertiary/aromatic N) is 2. The molecule has 2 aromatic rings. The molecule has 2 heterocycles. The van der Waals surface area contributed by atoms with Crippen molar-refractivity contribution in [1.29, 1.82) is 0 Å². The summed E-state index contributed by atoms with van der Waals surface area (Å²) in [6.07, 6.45) is 1.93. The Labute approximate surface area is 138 Å². The number of hydrogen-bond acceptors (Lipinski definition) is 4. The summed E-state index contributed by atoms with van der Waals surface area (Å²) in [6.45, 7) is 4.14. The van der Waals surface area contributed by atoms with Gasteiger partial charge < -0.3 is 0 Å². The number of carbonyl (C=O) groups excluding carboxylic acids is 1. The molecule has 1 fully saturated rings. The van der Waals surface area contributed by atoms with Crippen LogP contribution in [0, 0.1) is 13.8 Å². The van der Waals surface area contributed by atoms with E-state index in [9.17, 15) is 4.79 Å². The van der Waals surface area contributed by atoms with E-state index < -0.39 is 0 Å². The Morgan fingerprint density at radius 1 is 1.18 bits per heavy atom. The number of aliphatic imine (C=N–C) groups is 1. The van der Waals surface area contributed by atoms with Crippen LogP contribution >= 0.6 is 23.1 Å². The second-order valence-electron chi connectivity index (χ2n) is 5.15. The Balaban J connectivity index is 1.90. The smallest absolute Gasteiger partial charge is 0.266 e. The largest absolute Gasteiger partial charge is 0.290 e. The quantitative estimate of drug-likeness (QED) is 0.755. The van der Waals surface area contributed by atoms with E-state index in [1.165, 1.54) is 22.9 Å². The predicted molar refractivity (Wildman–Crippen MR) is 95.7 cm³/mol. The van der Waals surface area contributed by atoms with E-state index in [0.29, 0.717) is 4.91 Å². The minimum Gasteiger partial charge on any atom is -0.290 e. The fourth-order valence-electron chi connectivity index (χ4n) is 2.06. The summed E-state index contributed by atoms with van der Waals surface area (Å²) in [4.78, 5) is 20.3. The molecule has 0 saturated carbocycles. The Morgan fingerprint density at radius 3 is 2.68 bits per heavy atom. The Bertz CT molecular complexity index is 776. The fraction of sp³-hybridized carbons (Fsp3) is 0.176. The van der Waals surface area contributed by atoms with Gasteiger partial charge in [-0.1, -0.05) is 12.1 Å². The van der Waals surface area contributed by atoms with Crippen LogP contribution in [-0.4, -0.2) is 23.0 Å². The molecular formula is C17H16N2OS2. The number of benzene rings is 1. The van der Waals surface area contributed by atoms with Gasteiger partial charge in [-0.25, -0.2) is 4.99 Å². The van der Waals surface area contributed by atoms with E-state index >= 15 is 0 Å². The van der Waals surface area contributed by atoms with Crippen LogP contribution in [0.5, 0.6) is 0 Å². The highest BCUT2D eigenvalue weighted by Gasteiger charge is 2.30. The van der Waals surface area contributed by atoms with Crippen LogP contribution in [0.1, 0.15) is 16.0 Å². The van der Waals surface area contributed by atoms with Gasteiger partial charge in [0.05, 0.1) is 10.6 Å². The maximum Gasteiger partial charge on any atom is 0.266 e. The Hall–Kier alpha value is -1.85. The Kier molecular flexibility index (Phi) is 4.18. The first-order chi connectivity index (χ1) is 10.5. The van der Waals surface area contributed by atoms with Crippen molar-refractivity contribution in [2.24, 2.45) is 4.99 Å². The Morgan fingerprint density at radius 2 is 2.00 bits per heavy atom. The monoisotopic (exact) mass is 328 g/mol. The van der Waals surface area contributed by atoms with Crippen molar-refractivity contribution in [2.45, 2.75) is 13.8 Å². The van der Waals surface area contributed by atoms with E-state index in [1.807, 2.05) is 35.7 Å². The zero-order valence-electron chi connectivity index (χ0n) is 12.7. The zero-order chi connectivity index (χ0) is 15.7. The molecule has 1 amide bonds. The number of amides is 1. The number of hydrogen-bond donors (Lipinski definition) is 0. The molecule has 0 spiro atoms. The summed E-state index contributed by atoms with van der Waals surface area (Å²) in [5.74, 6) is 0.000911. The molecule has 3 rings (SSSR count). The molecular weight excluding hydrogens is 312 g/mol. The molecule has 0 unspecified atom stereocenters. The van der Waals surface area contributed by atoms with Crippen LogP contribution in [0.25, 0.3) is 6.08 Å². The highest BCUT2D eigenvalue weighted by atomic mass is 32.2. The van der Waals surface area contributed by atoms with Gasteiger partial charge in [0.25, 0.3) is 5.91 Å². The molecule has 1 aliphatic heterocycles. The molecule has 1 aliphatic rings. The van der Waals surface area contributed by atoms with E-state index in [4.69, 9.17) is 0 Å². The van der Waals surface area contributed by atoms with Crippen molar-refractivity contribution >= 4 is 45.9 Å². The topological polar surface area (TPSA) is 32.7 Å². The summed E-state index contributed by atoms with van der Waals surface area (Å²) < 4.78 is 0. The van der Waals surface area contributed by atoms with Crippen LogP contribution < -0.4 is 0 Å². The molecule has 5 heteroatoms. The molecule has 0 aliphatic carbocycles. The van der Waals surface area contributed by atoms with E-state index in [1.54, 1.807) is 23.3 Å². The molecule has 22 heavy (non-hydrogen) atoms. The number of rotatable bonds is 2. The fourth-order valence-corrected chi connectivity index (χ4v) is 3.77. The molecule has 0 N–H and O–H groups in total. The molecule has 112 valence electrons. The van der Waals surface area contributed by atoms with Gasteiger partial charge in [-0.05, 0) is 66.4 Å². The molecule has 0 bridgehead atoms. The summed E-state index contributed by atoms with van der Waals surface area (Å²) in [5.41, 5.74) is 3.32. The highest BCUT2D eigenvalue weighted by molar-refractivity contribution is 8.18. The summed E-state index contributed by atoms with van der Waals surface area (Å²) in [5, 5.41) is 2.72. The van der Waals surface area contributed by atoms with Gasteiger partial charge in [0, 0.05) is 11.9 Å². The second-order valence-corrected chi connectivity index (χ2v) is 7.14. The highest BCUT2D eigenvalue weighted by Crippen LogP contribution is 2.33. The molecule has 0 radical (unpaired) electrons. The van der Waals surface area contributed by atoms with Gasteiger partial charge in [-0.15, -0.1) is 11.3 Å². The van der Waals surface area contributed by atoms with Gasteiger partial charge in [0.1, 0.15) is 0 Å². The van der Waals surface area contributed by atoms with Crippen LogP contribution in [0.15, 0.2) is 45.6 Å². The zero-order valence-corrected chi connectivity index (χ0v) is 14.3. The standard InChI is InChI=1S/C17H16N2OS2/c1-11-6-7-13(9-12(11)2)18-17-19(3)16(20)15(22-17)10-14-5-4-8-21-14/h4-10H,1-3H3/b15-10+,18-17?. The third kappa shape index (κ3) is 3.00. The molecule has 3 nitrogen and oxygen atoms in total. The number of carbonyl (C=O) groups is 1. The van der Waals surface area contributed by atoms with Crippen LogP contribution in [0.2, 0.25) is 0 Å². The average molecular weight is 328 g/mol. The van der Waals surface area contributed by atoms with Crippen LogP contribution in [0.3, 0.4) is 0 Å². The minimum absolute atomic E-state index is 0.000911. The number of amidine groups is 1. The lowest BCUT2D eigenvalue weighted by molar-refractivity contribution is -0.121. The maximum atomic E-state index is 12.3. The van der Waals surface area contributed by atoms with Gasteiger partial charge in [-0.2, -0.15) is 0 Å². The first-order valence-corrected chi connectivity index (χ1v) is 8.61. The first kappa shape index (κ1) is 15.1. The summed E-state index contributed by atoms with van der Waals surface area (Å²) in [7, 11) is 1.77. The van der Waals surface area contributed by atoms with Crippen LogP contribution in [-0.2, 0) is 4.79 Å². The van der Waals surface area contributed by atoms with E-state index in [2.05, 4.69) is 24.9 Å². The lowest BCUT2D eigenvalue weighted by atomic mass is 10.1. The van der Waals surface area contributed by atoms with Gasteiger partial charge in [-0.3, -0.25) is 9.69 Å². The van der Waals surface area contributed by atoms with Crippen molar-refractivity contribution in [1.82, 2.24) is 4.90 Å². The second kappa shape index (κ2) is 6.10. The SMILES string of the molecule is Cc1ccc(N=C2S/C(=C/c3cccs3)C(=O)N2C)cc1C. The van der Waals surface area contributed by atoms with Crippen molar-refractivity contribution in [2.75, 3.05) is 7.05 Å². The van der Waals surface area contributed by atoms with Crippen molar-refractivity contribution < 1.29 is 4.79 Å². The predicted octanol–water partition coefficient (Wildman–Crippen LogP) is 4.60. The van der Waals surface area contributed by atoms with Crippen molar-refractivity contribution in [3.63, 3.8) is 0 Å². The third-order valence-electron chi connectivity index (χ3n) is 3.54. The van der Waals surface area contributed by atoms with Gasteiger partial charge >= 0.3 is 0 Å². The molecule has 0 atom stereocenters. The normalized spacial score (nSPS) is 18.7. The number of aryl methyl sites for hydroxylation is 2. The van der Waals surface area contributed by atoms with Crippen molar-refractivity contribution in [3.05, 3.63) is 56.6 Å². The van der Waals surface area contributed by atoms with E-state index in [-0.39, 0.29) is 5.91 Å². The average Bonchev–Trinajstić information content (AvgIpc) is 3.08.